The quantitative estimate of drug-likeness (QED) is 0.198. The number of nitrogens with two attached hydrogens (primary N) is 1. The maximum absolute atomic E-state index is 13.4. The number of aromatic nitrogens is 1. The second kappa shape index (κ2) is 13.7. The molecule has 2 aromatic carbocycles. The number of alkyl halides is 3. The van der Waals surface area contributed by atoms with Crippen LogP contribution in [0.2, 0.25) is 0 Å². The first-order valence-electron chi connectivity index (χ1n) is 13.0. The van der Waals surface area contributed by atoms with E-state index in [0.717, 1.165) is 55.0 Å². The molecule has 0 aliphatic rings. The van der Waals surface area contributed by atoms with Gasteiger partial charge in [-0.25, -0.2) is 4.98 Å². The average molecular weight is 542 g/mol. The molecule has 10 heteroatoms. The number of hydrogen-bond donors (Lipinski definition) is 4. The summed E-state index contributed by atoms with van der Waals surface area (Å²) in [4.78, 5) is 30.6. The molecule has 0 aliphatic heterocycles. The number of nitrogens with one attached hydrogen (secondary N) is 3. The minimum atomic E-state index is -4.56. The molecule has 0 bridgehead atoms. The third-order valence-corrected chi connectivity index (χ3v) is 6.18. The minimum absolute atomic E-state index is 0.0358. The monoisotopic (exact) mass is 541 g/mol. The first-order chi connectivity index (χ1) is 18.6. The van der Waals surface area contributed by atoms with Gasteiger partial charge in [0.15, 0.2) is 0 Å². The molecule has 3 rings (SSSR count). The number of nitrogens with zero attached hydrogens (tertiary/aromatic N) is 1. The number of aryl methyl sites for hydroxylation is 2. The lowest BCUT2D eigenvalue weighted by Gasteiger charge is -2.17. The highest BCUT2D eigenvalue weighted by molar-refractivity contribution is 6.13. The first-order valence-corrected chi connectivity index (χ1v) is 13.0. The number of hydrogen-bond acceptors (Lipinski definition) is 5. The number of rotatable bonds is 12. The van der Waals surface area contributed by atoms with E-state index in [2.05, 4.69) is 20.9 Å². The van der Waals surface area contributed by atoms with E-state index in [-0.39, 0.29) is 22.5 Å². The number of halogens is 3. The van der Waals surface area contributed by atoms with Crippen molar-refractivity contribution in [3.63, 3.8) is 0 Å². The van der Waals surface area contributed by atoms with Crippen LogP contribution in [0.25, 0.3) is 0 Å². The van der Waals surface area contributed by atoms with Gasteiger partial charge in [0, 0.05) is 18.4 Å². The van der Waals surface area contributed by atoms with Crippen LogP contribution in [0.15, 0.2) is 54.7 Å². The topological polar surface area (TPSA) is 109 Å². The number of anilines is 3. The van der Waals surface area contributed by atoms with E-state index in [9.17, 15) is 22.8 Å². The fourth-order valence-electron chi connectivity index (χ4n) is 3.95. The van der Waals surface area contributed by atoms with Crippen LogP contribution in [-0.4, -0.2) is 29.9 Å². The van der Waals surface area contributed by atoms with Crippen LogP contribution in [-0.2, 0) is 12.6 Å². The Balaban J connectivity index is 1.82. The van der Waals surface area contributed by atoms with Gasteiger partial charge in [-0.05, 0) is 74.7 Å². The Morgan fingerprint density at radius 3 is 2.28 bits per heavy atom. The van der Waals surface area contributed by atoms with Crippen molar-refractivity contribution < 1.29 is 22.8 Å². The summed E-state index contributed by atoms with van der Waals surface area (Å²) in [5.41, 5.74) is 6.98. The van der Waals surface area contributed by atoms with Crippen molar-refractivity contribution in [1.82, 2.24) is 4.98 Å². The largest absolute Gasteiger partial charge is 0.416 e. The normalized spacial score (nSPS) is 11.2. The fraction of sp³-hybridized carbons (Fsp3) is 0.345. The van der Waals surface area contributed by atoms with Crippen LogP contribution in [0.1, 0.15) is 70.0 Å². The molecule has 0 spiro atoms. The summed E-state index contributed by atoms with van der Waals surface area (Å²) < 4.78 is 40.2. The van der Waals surface area contributed by atoms with Crippen LogP contribution in [0.4, 0.5) is 30.4 Å². The van der Waals surface area contributed by atoms with Gasteiger partial charge in [-0.15, -0.1) is 0 Å². The van der Waals surface area contributed by atoms with Crippen LogP contribution >= 0.6 is 0 Å². The van der Waals surface area contributed by atoms with E-state index in [1.807, 2.05) is 19.9 Å². The zero-order valence-corrected chi connectivity index (χ0v) is 22.1. The molecule has 0 radical (unpaired) electrons. The van der Waals surface area contributed by atoms with Gasteiger partial charge < -0.3 is 21.7 Å². The van der Waals surface area contributed by atoms with E-state index in [4.69, 9.17) is 5.73 Å². The first kappa shape index (κ1) is 29.6. The maximum Gasteiger partial charge on any atom is 0.416 e. The van der Waals surface area contributed by atoms with Crippen molar-refractivity contribution in [2.75, 3.05) is 29.0 Å². The smallest absolute Gasteiger partial charge is 0.384 e. The summed E-state index contributed by atoms with van der Waals surface area (Å²) in [6.45, 7) is 4.79. The predicted molar refractivity (Wildman–Crippen MR) is 148 cm³/mol. The van der Waals surface area contributed by atoms with Crippen molar-refractivity contribution in [1.29, 1.82) is 0 Å². The van der Waals surface area contributed by atoms with E-state index in [1.165, 1.54) is 0 Å². The molecule has 2 amide bonds. The standard InChI is InChI=1S/C29H34F3N5O2/c1-3-20-9-13-26(35-18-20)37-28(39)23-16-19(2)8-12-24(23)36-27(38)22-11-10-21(29(30,31)32)17-25(22)34-15-7-5-4-6-14-33/h8-13,16-18,34H,3-7,14-15,33H2,1-2H3,(H,36,38)(H,35,37,39). The fourth-order valence-corrected chi connectivity index (χ4v) is 3.95. The zero-order chi connectivity index (χ0) is 28.4. The van der Waals surface area contributed by atoms with Crippen LogP contribution in [0.5, 0.6) is 0 Å². The second-order valence-electron chi connectivity index (χ2n) is 9.25. The number of unbranched alkanes of at least 4 members (excludes halogenated alkanes) is 3. The van der Waals surface area contributed by atoms with Gasteiger partial charge in [0.1, 0.15) is 5.82 Å². The molecule has 3 aromatic rings. The molecule has 0 saturated heterocycles. The summed E-state index contributed by atoms with van der Waals surface area (Å²) in [5.74, 6) is -0.761. The molecule has 7 nitrogen and oxygen atoms in total. The Hall–Kier alpha value is -3.92. The highest BCUT2D eigenvalue weighted by atomic mass is 19.4. The summed E-state index contributed by atoms with van der Waals surface area (Å²) >= 11 is 0. The summed E-state index contributed by atoms with van der Waals surface area (Å²) in [6.07, 6.45) is 1.30. The Morgan fingerprint density at radius 2 is 1.62 bits per heavy atom. The number of pyridine rings is 1. The Labute approximate surface area is 226 Å². The summed E-state index contributed by atoms with van der Waals surface area (Å²) in [6, 6.07) is 11.4. The highest BCUT2D eigenvalue weighted by Crippen LogP contribution is 2.33. The predicted octanol–water partition coefficient (Wildman–Crippen LogP) is 6.41. The Bertz CT molecular complexity index is 1280. The molecule has 0 unspecified atom stereocenters. The molecule has 0 atom stereocenters. The molecule has 208 valence electrons. The summed E-state index contributed by atoms with van der Waals surface area (Å²) in [5, 5.41) is 8.41. The number of carbonyl (C=O) groups excluding carboxylic acids is 2. The van der Waals surface area contributed by atoms with Crippen LogP contribution < -0.4 is 21.7 Å². The number of carbonyl (C=O) groups is 2. The van der Waals surface area contributed by atoms with Crippen molar-refractivity contribution in [3.05, 3.63) is 82.5 Å². The van der Waals surface area contributed by atoms with E-state index < -0.39 is 23.6 Å². The molecular weight excluding hydrogens is 507 g/mol. The van der Waals surface area contributed by atoms with Gasteiger partial charge >= 0.3 is 6.18 Å². The Kier molecular flexibility index (Phi) is 10.4. The van der Waals surface area contributed by atoms with Crippen molar-refractivity contribution in [3.8, 4) is 0 Å². The van der Waals surface area contributed by atoms with Crippen LogP contribution in [0.3, 0.4) is 0 Å². The Morgan fingerprint density at radius 1 is 0.872 bits per heavy atom. The zero-order valence-electron chi connectivity index (χ0n) is 22.1. The molecule has 39 heavy (non-hydrogen) atoms. The molecule has 1 aromatic heterocycles. The molecular formula is C29H34F3N5O2. The lowest BCUT2D eigenvalue weighted by molar-refractivity contribution is -0.137. The third kappa shape index (κ3) is 8.54. The third-order valence-electron chi connectivity index (χ3n) is 6.18. The molecule has 1 heterocycles. The van der Waals surface area contributed by atoms with Gasteiger partial charge in [0.25, 0.3) is 11.8 Å². The maximum atomic E-state index is 13.4. The van der Waals surface area contributed by atoms with E-state index in [1.54, 1.807) is 30.5 Å². The molecule has 0 saturated carbocycles. The average Bonchev–Trinajstić information content (AvgIpc) is 2.91. The van der Waals surface area contributed by atoms with Gasteiger partial charge in [-0.1, -0.05) is 37.5 Å². The van der Waals surface area contributed by atoms with Crippen molar-refractivity contribution in [2.45, 2.75) is 52.1 Å². The minimum Gasteiger partial charge on any atom is -0.384 e. The highest BCUT2D eigenvalue weighted by Gasteiger charge is 2.31. The van der Waals surface area contributed by atoms with E-state index in [0.29, 0.717) is 25.3 Å². The van der Waals surface area contributed by atoms with Gasteiger partial charge in [-0.2, -0.15) is 13.2 Å². The molecule has 5 N–H and O–H groups in total. The summed E-state index contributed by atoms with van der Waals surface area (Å²) in [7, 11) is 0. The lowest BCUT2D eigenvalue weighted by Crippen LogP contribution is -2.20. The van der Waals surface area contributed by atoms with Crippen LogP contribution in [0, 0.1) is 6.92 Å². The second-order valence-corrected chi connectivity index (χ2v) is 9.25. The molecule has 0 aliphatic carbocycles. The van der Waals surface area contributed by atoms with Crippen molar-refractivity contribution >= 4 is 29.0 Å². The number of amides is 2. The molecule has 0 fully saturated rings. The van der Waals surface area contributed by atoms with Gasteiger partial charge in [0.2, 0.25) is 0 Å². The van der Waals surface area contributed by atoms with Crippen molar-refractivity contribution in [2.24, 2.45) is 5.73 Å². The number of benzene rings is 2. The van der Waals surface area contributed by atoms with Gasteiger partial charge in [-0.3, -0.25) is 9.59 Å². The van der Waals surface area contributed by atoms with Gasteiger partial charge in [0.05, 0.1) is 22.4 Å². The van der Waals surface area contributed by atoms with E-state index >= 15 is 0 Å². The SMILES string of the molecule is CCc1ccc(NC(=O)c2cc(C)ccc2NC(=O)c2ccc(C(F)(F)F)cc2NCCCCCCN)nc1. The lowest BCUT2D eigenvalue weighted by atomic mass is 10.1.